The van der Waals surface area contributed by atoms with E-state index < -0.39 is 5.95 Å². The van der Waals surface area contributed by atoms with Crippen LogP contribution in [-0.2, 0) is 0 Å². The summed E-state index contributed by atoms with van der Waals surface area (Å²) in [6.45, 7) is 1.07. The molecule has 1 unspecified atom stereocenters. The molecule has 3 N–H and O–H groups in total. The minimum absolute atomic E-state index is 0.0741. The van der Waals surface area contributed by atoms with Gasteiger partial charge in [-0.2, -0.15) is 4.39 Å². The summed E-state index contributed by atoms with van der Waals surface area (Å²) in [5.41, 5.74) is 9.94. The molecule has 0 fully saturated rings. The molecule has 5 nitrogen and oxygen atoms in total. The Labute approximate surface area is 150 Å². The van der Waals surface area contributed by atoms with Gasteiger partial charge in [-0.1, -0.05) is 30.3 Å². The molecule has 0 spiro atoms. The maximum absolute atomic E-state index is 13.3. The number of nitrogens with one attached hydrogen (secondary N) is 1. The van der Waals surface area contributed by atoms with Gasteiger partial charge >= 0.3 is 0 Å². The van der Waals surface area contributed by atoms with Gasteiger partial charge in [-0.25, -0.2) is 4.98 Å². The number of pyridine rings is 1. The van der Waals surface area contributed by atoms with Gasteiger partial charge in [-0.3, -0.25) is 4.79 Å². The second-order valence-electron chi connectivity index (χ2n) is 6.34. The highest BCUT2D eigenvalue weighted by atomic mass is 19.1. The lowest BCUT2D eigenvalue weighted by molar-refractivity contribution is 0.0914. The van der Waals surface area contributed by atoms with Crippen LogP contribution in [0.2, 0.25) is 0 Å². The molecule has 0 saturated heterocycles. The lowest BCUT2D eigenvalue weighted by Crippen LogP contribution is -2.39. The van der Waals surface area contributed by atoms with Crippen LogP contribution in [0.4, 0.5) is 4.39 Å². The predicted octanol–water partition coefficient (Wildman–Crippen LogP) is 2.99. The van der Waals surface area contributed by atoms with Crippen molar-refractivity contribution in [3.05, 3.63) is 66.4 Å². The second-order valence-corrected chi connectivity index (χ2v) is 6.34. The van der Waals surface area contributed by atoms with Crippen molar-refractivity contribution in [1.82, 2.24) is 14.9 Å². The SMILES string of the molecule is NCCC1CNC(=O)c2cc(-c3ccc(F)nc3)c(-c3ccccc3)n21. The van der Waals surface area contributed by atoms with E-state index in [0.29, 0.717) is 18.8 Å². The number of nitrogens with two attached hydrogens (primary N) is 1. The zero-order valence-corrected chi connectivity index (χ0v) is 14.2. The van der Waals surface area contributed by atoms with Crippen molar-refractivity contribution in [2.45, 2.75) is 12.5 Å². The van der Waals surface area contributed by atoms with Crippen molar-refractivity contribution in [3.8, 4) is 22.4 Å². The first-order valence-electron chi connectivity index (χ1n) is 8.60. The summed E-state index contributed by atoms with van der Waals surface area (Å²) in [5.74, 6) is -0.644. The third-order valence-electron chi connectivity index (χ3n) is 4.72. The standard InChI is InChI=1S/C20H19FN4O/c21-18-7-6-14(11-23-18)16-10-17-20(26)24-12-15(8-9-22)25(17)19(16)13-4-2-1-3-5-13/h1-7,10-11,15H,8-9,12,22H2,(H,24,26). The van der Waals surface area contributed by atoms with E-state index in [1.54, 1.807) is 6.07 Å². The number of rotatable bonds is 4. The lowest BCUT2D eigenvalue weighted by atomic mass is 10.0. The molecule has 1 aliphatic heterocycles. The first kappa shape index (κ1) is 16.5. The number of amides is 1. The number of carbonyl (C=O) groups excluding carboxylic acids is 1. The molecule has 1 amide bonds. The van der Waals surface area contributed by atoms with Crippen LogP contribution in [0.25, 0.3) is 22.4 Å². The van der Waals surface area contributed by atoms with Crippen molar-refractivity contribution in [2.75, 3.05) is 13.1 Å². The van der Waals surface area contributed by atoms with E-state index in [4.69, 9.17) is 5.73 Å². The molecule has 3 heterocycles. The average Bonchev–Trinajstić information content (AvgIpc) is 3.07. The maximum atomic E-state index is 13.3. The van der Waals surface area contributed by atoms with Gasteiger partial charge < -0.3 is 15.6 Å². The number of hydrogen-bond acceptors (Lipinski definition) is 3. The molecule has 26 heavy (non-hydrogen) atoms. The minimum atomic E-state index is -0.530. The van der Waals surface area contributed by atoms with Crippen LogP contribution in [-0.4, -0.2) is 28.5 Å². The lowest BCUT2D eigenvalue weighted by Gasteiger charge is -2.28. The van der Waals surface area contributed by atoms with Crippen LogP contribution in [0.15, 0.2) is 54.7 Å². The van der Waals surface area contributed by atoms with E-state index >= 15 is 0 Å². The summed E-state index contributed by atoms with van der Waals surface area (Å²) in [7, 11) is 0. The zero-order valence-electron chi connectivity index (χ0n) is 14.2. The number of halogens is 1. The summed E-state index contributed by atoms with van der Waals surface area (Å²) < 4.78 is 15.4. The summed E-state index contributed by atoms with van der Waals surface area (Å²) in [5, 5.41) is 2.93. The molecule has 0 saturated carbocycles. The van der Waals surface area contributed by atoms with Gasteiger partial charge in [0.1, 0.15) is 5.69 Å². The highest BCUT2D eigenvalue weighted by molar-refractivity contribution is 5.98. The number of fused-ring (bicyclic) bond motifs is 1. The Kier molecular flexibility index (Phi) is 4.26. The second kappa shape index (κ2) is 6.72. The number of benzene rings is 1. The highest BCUT2D eigenvalue weighted by Gasteiger charge is 2.30. The molecule has 0 aliphatic carbocycles. The molecule has 3 aromatic rings. The third-order valence-corrected chi connectivity index (χ3v) is 4.72. The van der Waals surface area contributed by atoms with Crippen molar-refractivity contribution in [3.63, 3.8) is 0 Å². The molecule has 4 rings (SSSR count). The Balaban J connectivity index is 1.98. The van der Waals surface area contributed by atoms with E-state index in [1.165, 1.54) is 12.3 Å². The first-order chi connectivity index (χ1) is 12.7. The van der Waals surface area contributed by atoms with E-state index in [-0.39, 0.29) is 11.9 Å². The highest BCUT2D eigenvalue weighted by Crippen LogP contribution is 2.39. The molecule has 1 aromatic carbocycles. The van der Waals surface area contributed by atoms with Crippen molar-refractivity contribution >= 4 is 5.91 Å². The number of nitrogens with zero attached hydrogens (tertiary/aromatic N) is 2. The Morgan fingerprint density at radius 1 is 1.19 bits per heavy atom. The smallest absolute Gasteiger partial charge is 0.268 e. The molecule has 0 bridgehead atoms. The molecule has 132 valence electrons. The topological polar surface area (TPSA) is 72.9 Å². The molecule has 0 radical (unpaired) electrons. The van der Waals surface area contributed by atoms with Gasteiger partial charge in [-0.05, 0) is 36.7 Å². The van der Waals surface area contributed by atoms with Crippen molar-refractivity contribution < 1.29 is 9.18 Å². The summed E-state index contributed by atoms with van der Waals surface area (Å²) in [4.78, 5) is 16.3. The Morgan fingerprint density at radius 2 is 2.00 bits per heavy atom. The Bertz CT molecular complexity index is 934. The fourth-order valence-electron chi connectivity index (χ4n) is 3.54. The van der Waals surface area contributed by atoms with Crippen LogP contribution < -0.4 is 11.1 Å². The fourth-order valence-corrected chi connectivity index (χ4v) is 3.54. The molecule has 1 atom stereocenters. The van der Waals surface area contributed by atoms with Gasteiger partial charge in [0.25, 0.3) is 5.91 Å². The maximum Gasteiger partial charge on any atom is 0.268 e. The van der Waals surface area contributed by atoms with Crippen LogP contribution >= 0.6 is 0 Å². The fraction of sp³-hybridized carbons (Fsp3) is 0.200. The molecule has 2 aromatic heterocycles. The minimum Gasteiger partial charge on any atom is -0.349 e. The zero-order chi connectivity index (χ0) is 18.1. The van der Waals surface area contributed by atoms with Gasteiger partial charge in [0.15, 0.2) is 0 Å². The van der Waals surface area contributed by atoms with E-state index in [9.17, 15) is 9.18 Å². The monoisotopic (exact) mass is 350 g/mol. The molecule has 1 aliphatic rings. The van der Waals surface area contributed by atoms with Crippen LogP contribution in [0.5, 0.6) is 0 Å². The van der Waals surface area contributed by atoms with Crippen LogP contribution in [0.3, 0.4) is 0 Å². The average molecular weight is 350 g/mol. The van der Waals surface area contributed by atoms with Gasteiger partial charge in [-0.15, -0.1) is 0 Å². The van der Waals surface area contributed by atoms with Gasteiger partial charge in [0.05, 0.1) is 11.7 Å². The Hall–Kier alpha value is -2.99. The van der Waals surface area contributed by atoms with E-state index in [2.05, 4.69) is 14.9 Å². The summed E-state index contributed by atoms with van der Waals surface area (Å²) in [6.07, 6.45) is 2.25. The number of carbonyl (C=O) groups is 1. The molecular formula is C20H19FN4O. The normalized spacial score (nSPS) is 16.2. The first-order valence-corrected chi connectivity index (χ1v) is 8.60. The van der Waals surface area contributed by atoms with Crippen LogP contribution in [0.1, 0.15) is 23.0 Å². The number of hydrogen-bond donors (Lipinski definition) is 2. The van der Waals surface area contributed by atoms with Crippen LogP contribution in [0, 0.1) is 5.95 Å². The van der Waals surface area contributed by atoms with Gasteiger partial charge in [0.2, 0.25) is 5.95 Å². The Morgan fingerprint density at radius 3 is 2.69 bits per heavy atom. The third kappa shape index (κ3) is 2.78. The largest absolute Gasteiger partial charge is 0.349 e. The number of aromatic nitrogens is 2. The predicted molar refractivity (Wildman–Crippen MR) is 98.1 cm³/mol. The van der Waals surface area contributed by atoms with Gasteiger partial charge in [0, 0.05) is 23.9 Å². The molecular weight excluding hydrogens is 331 g/mol. The van der Waals surface area contributed by atoms with E-state index in [0.717, 1.165) is 28.8 Å². The molecule has 6 heteroatoms. The van der Waals surface area contributed by atoms with Crippen molar-refractivity contribution in [1.29, 1.82) is 0 Å². The summed E-state index contributed by atoms with van der Waals surface area (Å²) >= 11 is 0. The quantitative estimate of drug-likeness (QED) is 0.711. The van der Waals surface area contributed by atoms with E-state index in [1.807, 2.05) is 36.4 Å². The summed E-state index contributed by atoms with van der Waals surface area (Å²) in [6, 6.07) is 14.8. The van der Waals surface area contributed by atoms with Crippen molar-refractivity contribution in [2.24, 2.45) is 5.73 Å².